The molecule has 0 aliphatic carbocycles. The summed E-state index contributed by atoms with van der Waals surface area (Å²) in [5.41, 5.74) is 1.97. The lowest BCUT2D eigenvalue weighted by atomic mass is 9.98. The van der Waals surface area contributed by atoms with E-state index in [0.717, 1.165) is 5.56 Å². The van der Waals surface area contributed by atoms with Crippen LogP contribution in [-0.4, -0.2) is 31.2 Å². The highest BCUT2D eigenvalue weighted by atomic mass is 35.5. The van der Waals surface area contributed by atoms with E-state index in [9.17, 15) is 4.79 Å². The second-order valence-electron chi connectivity index (χ2n) is 6.55. The average Bonchev–Trinajstić information content (AvgIpc) is 2.71. The summed E-state index contributed by atoms with van der Waals surface area (Å²) in [5, 5.41) is 1.64. The zero-order valence-corrected chi connectivity index (χ0v) is 17.9. The summed E-state index contributed by atoms with van der Waals surface area (Å²) in [6, 6.07) is 10.8. The van der Waals surface area contributed by atoms with Crippen molar-refractivity contribution in [2.24, 2.45) is 0 Å². The summed E-state index contributed by atoms with van der Waals surface area (Å²) >= 11 is 12.9. The third-order valence-electron chi connectivity index (χ3n) is 4.77. The quantitative estimate of drug-likeness (QED) is 0.452. The van der Waals surface area contributed by atoms with E-state index in [1.54, 1.807) is 37.1 Å². The molecule has 3 aromatic rings. The minimum atomic E-state index is -0.791. The van der Waals surface area contributed by atoms with Gasteiger partial charge in [-0.25, -0.2) is 14.2 Å². The number of hydrogen-bond donors (Lipinski definition) is 0. The van der Waals surface area contributed by atoms with Crippen molar-refractivity contribution in [2.45, 2.75) is 20.3 Å². The molecule has 0 saturated heterocycles. The maximum absolute atomic E-state index is 15.5. The first-order chi connectivity index (χ1) is 13.9. The van der Waals surface area contributed by atoms with Crippen LogP contribution in [0.15, 0.2) is 36.4 Å². The second-order valence-corrected chi connectivity index (χ2v) is 7.36. The number of fused-ring (bicyclic) bond motifs is 1. The molecule has 0 amide bonds. The van der Waals surface area contributed by atoms with E-state index in [1.807, 2.05) is 25.1 Å². The van der Waals surface area contributed by atoms with Gasteiger partial charge in [0.2, 0.25) is 0 Å². The Kier molecular flexibility index (Phi) is 6.60. The molecule has 0 unspecified atom stereocenters. The van der Waals surface area contributed by atoms with E-state index in [-0.39, 0.29) is 18.0 Å². The van der Waals surface area contributed by atoms with Crippen molar-refractivity contribution in [3.8, 4) is 0 Å². The van der Waals surface area contributed by atoms with Crippen molar-refractivity contribution in [1.82, 2.24) is 4.98 Å². The average molecular weight is 435 g/mol. The van der Waals surface area contributed by atoms with Gasteiger partial charge in [0, 0.05) is 35.4 Å². The molecular formula is C22H21Cl2FN2O2. The van der Waals surface area contributed by atoms with Crippen LogP contribution >= 0.6 is 23.2 Å². The molecule has 0 fully saturated rings. The molecule has 0 aliphatic heterocycles. The van der Waals surface area contributed by atoms with E-state index >= 15 is 4.39 Å². The lowest BCUT2D eigenvalue weighted by Crippen LogP contribution is -2.21. The van der Waals surface area contributed by atoms with Gasteiger partial charge in [-0.05, 0) is 43.2 Å². The summed E-state index contributed by atoms with van der Waals surface area (Å²) < 4.78 is 20.5. The standard InChI is InChI=1S/C22H21Cl2FN2O2/c1-4-27(3)21-18-14(12-13-8-6-7-9-15(13)23)16(24)10-11-17(18)26-20(19(21)25)22(28)29-5-2/h6-11H,4-5,12H2,1-3H3. The van der Waals surface area contributed by atoms with Crippen LogP contribution in [0.5, 0.6) is 0 Å². The minimum absolute atomic E-state index is 0.134. The fraction of sp³-hybridized carbons (Fsp3) is 0.273. The molecule has 0 saturated carbocycles. The van der Waals surface area contributed by atoms with Crippen molar-refractivity contribution < 1.29 is 13.9 Å². The maximum Gasteiger partial charge on any atom is 0.360 e. The van der Waals surface area contributed by atoms with Gasteiger partial charge < -0.3 is 9.64 Å². The summed E-state index contributed by atoms with van der Waals surface area (Å²) in [6.45, 7) is 4.22. The molecule has 0 spiro atoms. The molecule has 0 radical (unpaired) electrons. The highest BCUT2D eigenvalue weighted by molar-refractivity contribution is 6.33. The van der Waals surface area contributed by atoms with E-state index in [2.05, 4.69) is 4.98 Å². The normalized spacial score (nSPS) is 11.0. The number of carbonyl (C=O) groups excluding carboxylic acids is 1. The number of anilines is 1. The van der Waals surface area contributed by atoms with Crippen molar-refractivity contribution in [3.63, 3.8) is 0 Å². The van der Waals surface area contributed by atoms with Crippen LogP contribution in [0.1, 0.15) is 35.5 Å². The van der Waals surface area contributed by atoms with Crippen LogP contribution in [0.3, 0.4) is 0 Å². The number of ether oxygens (including phenoxy) is 1. The Labute approximate surface area is 179 Å². The van der Waals surface area contributed by atoms with Gasteiger partial charge in [-0.1, -0.05) is 41.4 Å². The Morgan fingerprint density at radius 1 is 1.14 bits per heavy atom. The molecule has 0 atom stereocenters. The van der Waals surface area contributed by atoms with Crippen molar-refractivity contribution >= 4 is 45.8 Å². The minimum Gasteiger partial charge on any atom is -0.461 e. The van der Waals surface area contributed by atoms with E-state index in [4.69, 9.17) is 27.9 Å². The number of aromatic nitrogens is 1. The van der Waals surface area contributed by atoms with Crippen LogP contribution in [0, 0.1) is 5.82 Å². The predicted octanol–water partition coefficient (Wildman–Crippen LogP) is 5.90. The van der Waals surface area contributed by atoms with Gasteiger partial charge in [0.1, 0.15) is 0 Å². The molecule has 3 rings (SSSR count). The van der Waals surface area contributed by atoms with Gasteiger partial charge >= 0.3 is 5.97 Å². The lowest BCUT2D eigenvalue weighted by molar-refractivity contribution is 0.0514. The monoisotopic (exact) mass is 434 g/mol. The predicted molar refractivity (Wildman–Crippen MR) is 116 cm³/mol. The van der Waals surface area contributed by atoms with Gasteiger partial charge in [0.25, 0.3) is 0 Å². The van der Waals surface area contributed by atoms with Crippen molar-refractivity contribution in [1.29, 1.82) is 0 Å². The fourth-order valence-corrected chi connectivity index (χ4v) is 3.64. The van der Waals surface area contributed by atoms with Crippen molar-refractivity contribution in [3.05, 3.63) is 69.1 Å². The molecule has 152 valence electrons. The third-order valence-corrected chi connectivity index (χ3v) is 5.49. The van der Waals surface area contributed by atoms with Gasteiger partial charge in [0.05, 0.1) is 17.8 Å². The highest BCUT2D eigenvalue weighted by Gasteiger charge is 2.26. The molecule has 1 aromatic heterocycles. The highest BCUT2D eigenvalue weighted by Crippen LogP contribution is 2.38. The smallest absolute Gasteiger partial charge is 0.360 e. The Bertz CT molecular complexity index is 1070. The van der Waals surface area contributed by atoms with E-state index < -0.39 is 11.8 Å². The number of pyridine rings is 1. The van der Waals surface area contributed by atoms with E-state index in [1.165, 1.54) is 0 Å². The zero-order valence-electron chi connectivity index (χ0n) is 16.4. The van der Waals surface area contributed by atoms with Gasteiger partial charge in [-0.3, -0.25) is 0 Å². The van der Waals surface area contributed by atoms with Crippen LogP contribution in [-0.2, 0) is 11.2 Å². The Morgan fingerprint density at radius 3 is 2.52 bits per heavy atom. The number of esters is 1. The summed E-state index contributed by atoms with van der Waals surface area (Å²) in [6.07, 6.45) is 0.403. The molecule has 0 aliphatic rings. The zero-order chi connectivity index (χ0) is 21.1. The van der Waals surface area contributed by atoms with Gasteiger partial charge in [0.15, 0.2) is 11.5 Å². The van der Waals surface area contributed by atoms with Crippen LogP contribution in [0.2, 0.25) is 10.0 Å². The SMILES string of the molecule is CCOC(=O)c1nc2ccc(Cl)c(Cc3ccccc3Cl)c2c(N(C)CC)c1F. The van der Waals surface area contributed by atoms with Gasteiger partial charge in [-0.2, -0.15) is 0 Å². The maximum atomic E-state index is 15.5. The number of hydrogen-bond acceptors (Lipinski definition) is 4. The van der Waals surface area contributed by atoms with Crippen LogP contribution in [0.25, 0.3) is 10.9 Å². The Morgan fingerprint density at radius 2 is 1.86 bits per heavy atom. The number of benzene rings is 2. The molecule has 29 heavy (non-hydrogen) atoms. The molecule has 2 aromatic carbocycles. The summed E-state index contributed by atoms with van der Waals surface area (Å²) in [7, 11) is 1.76. The first kappa shape index (κ1) is 21.3. The number of halogens is 3. The summed E-state index contributed by atoms with van der Waals surface area (Å²) in [4.78, 5) is 18.3. The molecule has 7 heteroatoms. The Balaban J connectivity index is 2.32. The molecule has 0 N–H and O–H groups in total. The van der Waals surface area contributed by atoms with Crippen LogP contribution < -0.4 is 4.90 Å². The number of carbonyl (C=O) groups is 1. The molecule has 4 nitrogen and oxygen atoms in total. The molecule has 1 heterocycles. The van der Waals surface area contributed by atoms with Crippen LogP contribution in [0.4, 0.5) is 10.1 Å². The number of nitrogens with zero attached hydrogens (tertiary/aromatic N) is 2. The lowest BCUT2D eigenvalue weighted by Gasteiger charge is -2.23. The first-order valence-electron chi connectivity index (χ1n) is 9.31. The second kappa shape index (κ2) is 8.97. The number of rotatable bonds is 6. The third kappa shape index (κ3) is 4.16. The molecule has 0 bridgehead atoms. The molecular weight excluding hydrogens is 414 g/mol. The first-order valence-corrected chi connectivity index (χ1v) is 10.1. The van der Waals surface area contributed by atoms with Gasteiger partial charge in [-0.15, -0.1) is 0 Å². The van der Waals surface area contributed by atoms with E-state index in [0.29, 0.717) is 39.5 Å². The topological polar surface area (TPSA) is 42.4 Å². The summed E-state index contributed by atoms with van der Waals surface area (Å²) in [5.74, 6) is -1.51. The largest absolute Gasteiger partial charge is 0.461 e. The fourth-order valence-electron chi connectivity index (χ4n) is 3.22. The van der Waals surface area contributed by atoms with Crippen molar-refractivity contribution in [2.75, 3.05) is 25.1 Å². The Hall–Kier alpha value is -2.37.